The Kier molecular flexibility index (Phi) is 5.09. The molecule has 0 heterocycles. The lowest BCUT2D eigenvalue weighted by molar-refractivity contribution is 0.555. The van der Waals surface area contributed by atoms with Gasteiger partial charge < -0.3 is 0 Å². The van der Waals surface area contributed by atoms with Gasteiger partial charge in [-0.25, -0.2) is 17.5 Å². The van der Waals surface area contributed by atoms with Crippen molar-refractivity contribution in [2.75, 3.05) is 5.33 Å². The molecular formula is C11H15BrFNO2S. The number of alkyl halides is 1. The first-order chi connectivity index (χ1) is 7.90. The molecule has 0 spiro atoms. The lowest BCUT2D eigenvalue weighted by atomic mass is 10.2. The Balaban J connectivity index is 3.09. The van der Waals surface area contributed by atoms with E-state index in [4.69, 9.17) is 0 Å². The number of hydrogen-bond donors (Lipinski definition) is 1. The Labute approximate surface area is 110 Å². The van der Waals surface area contributed by atoms with Crippen LogP contribution in [-0.2, 0) is 10.0 Å². The normalized spacial score (nSPS) is 13.6. The van der Waals surface area contributed by atoms with Crippen LogP contribution < -0.4 is 4.72 Å². The highest BCUT2D eigenvalue weighted by atomic mass is 79.9. The predicted molar refractivity (Wildman–Crippen MR) is 69.3 cm³/mol. The van der Waals surface area contributed by atoms with Crippen molar-refractivity contribution in [2.45, 2.75) is 31.2 Å². The molecule has 0 saturated heterocycles. The third-order valence-corrected chi connectivity index (χ3v) is 4.88. The Morgan fingerprint density at radius 1 is 1.47 bits per heavy atom. The fourth-order valence-electron chi connectivity index (χ4n) is 1.37. The number of sulfonamides is 1. The average Bonchev–Trinajstić information content (AvgIpc) is 2.29. The van der Waals surface area contributed by atoms with Crippen molar-refractivity contribution in [1.82, 2.24) is 4.72 Å². The van der Waals surface area contributed by atoms with Crippen LogP contribution in [0.1, 0.15) is 18.9 Å². The summed E-state index contributed by atoms with van der Waals surface area (Å²) in [4.78, 5) is -0.00287. The lowest BCUT2D eigenvalue weighted by Crippen LogP contribution is -2.35. The van der Waals surface area contributed by atoms with E-state index in [-0.39, 0.29) is 10.9 Å². The van der Waals surface area contributed by atoms with E-state index < -0.39 is 15.8 Å². The van der Waals surface area contributed by atoms with E-state index in [1.807, 2.05) is 6.92 Å². The van der Waals surface area contributed by atoms with E-state index in [9.17, 15) is 12.8 Å². The van der Waals surface area contributed by atoms with Gasteiger partial charge in [0.25, 0.3) is 0 Å². The van der Waals surface area contributed by atoms with Crippen molar-refractivity contribution in [1.29, 1.82) is 0 Å². The molecule has 1 aromatic rings. The van der Waals surface area contributed by atoms with E-state index in [1.54, 1.807) is 6.92 Å². The average molecular weight is 324 g/mol. The van der Waals surface area contributed by atoms with Crippen molar-refractivity contribution < 1.29 is 12.8 Å². The van der Waals surface area contributed by atoms with Crippen molar-refractivity contribution in [2.24, 2.45) is 0 Å². The molecule has 0 aliphatic heterocycles. The maximum absolute atomic E-state index is 13.1. The van der Waals surface area contributed by atoms with Gasteiger partial charge in [-0.1, -0.05) is 28.9 Å². The second kappa shape index (κ2) is 5.93. The molecule has 3 nitrogen and oxygen atoms in total. The Hall–Kier alpha value is -0.460. The highest BCUT2D eigenvalue weighted by molar-refractivity contribution is 9.09. The highest BCUT2D eigenvalue weighted by Gasteiger charge is 2.20. The van der Waals surface area contributed by atoms with E-state index in [0.717, 1.165) is 6.07 Å². The fourth-order valence-corrected chi connectivity index (χ4v) is 3.78. The molecule has 0 aliphatic carbocycles. The number of hydrogen-bond acceptors (Lipinski definition) is 2. The molecule has 0 aliphatic rings. The summed E-state index contributed by atoms with van der Waals surface area (Å²) in [6.07, 6.45) is 0.666. The second-order valence-corrected chi connectivity index (χ2v) is 6.12. The summed E-state index contributed by atoms with van der Waals surface area (Å²) in [5, 5.41) is 0.525. The molecule has 17 heavy (non-hydrogen) atoms. The monoisotopic (exact) mass is 323 g/mol. The topological polar surface area (TPSA) is 46.2 Å². The van der Waals surface area contributed by atoms with E-state index >= 15 is 0 Å². The minimum Gasteiger partial charge on any atom is -0.207 e. The first kappa shape index (κ1) is 14.6. The number of aryl methyl sites for hydroxylation is 1. The summed E-state index contributed by atoms with van der Waals surface area (Å²) >= 11 is 3.23. The van der Waals surface area contributed by atoms with Crippen LogP contribution in [0.5, 0.6) is 0 Å². The zero-order chi connectivity index (χ0) is 13.1. The van der Waals surface area contributed by atoms with Crippen LogP contribution in [0.15, 0.2) is 23.1 Å². The first-order valence-electron chi connectivity index (χ1n) is 5.25. The summed E-state index contributed by atoms with van der Waals surface area (Å²) in [6.45, 7) is 3.52. The largest absolute Gasteiger partial charge is 0.241 e. The zero-order valence-corrected chi connectivity index (χ0v) is 12.1. The van der Waals surface area contributed by atoms with Crippen LogP contribution in [-0.4, -0.2) is 19.8 Å². The molecule has 1 N–H and O–H groups in total. The maximum Gasteiger partial charge on any atom is 0.241 e. The molecule has 1 atom stereocenters. The van der Waals surface area contributed by atoms with Crippen LogP contribution in [0.2, 0.25) is 0 Å². The van der Waals surface area contributed by atoms with Gasteiger partial charge in [0.15, 0.2) is 0 Å². The van der Waals surface area contributed by atoms with Crippen LogP contribution in [0.25, 0.3) is 0 Å². The van der Waals surface area contributed by atoms with Crippen molar-refractivity contribution >= 4 is 26.0 Å². The third-order valence-electron chi connectivity index (χ3n) is 2.44. The summed E-state index contributed by atoms with van der Waals surface area (Å²) in [5.74, 6) is -0.553. The molecule has 1 aromatic carbocycles. The Bertz CT molecular complexity index is 486. The van der Waals surface area contributed by atoms with Gasteiger partial charge in [-0.2, -0.15) is 0 Å². The van der Waals surface area contributed by atoms with Gasteiger partial charge in [0.2, 0.25) is 10.0 Å². The second-order valence-electron chi connectivity index (χ2n) is 3.79. The van der Waals surface area contributed by atoms with Crippen LogP contribution in [0.3, 0.4) is 0 Å². The molecule has 96 valence electrons. The predicted octanol–water partition coefficient (Wildman–Crippen LogP) is 2.59. The molecule has 0 radical (unpaired) electrons. The van der Waals surface area contributed by atoms with E-state index in [2.05, 4.69) is 20.7 Å². The molecule has 0 amide bonds. The summed E-state index contributed by atoms with van der Waals surface area (Å²) in [5.41, 5.74) is 0.531. The smallest absolute Gasteiger partial charge is 0.207 e. The van der Waals surface area contributed by atoms with Gasteiger partial charge in [-0.15, -0.1) is 0 Å². The number of benzene rings is 1. The minimum atomic E-state index is -3.66. The molecule has 1 unspecified atom stereocenters. The molecule has 0 aromatic heterocycles. The van der Waals surface area contributed by atoms with Crippen molar-refractivity contribution in [3.8, 4) is 0 Å². The lowest BCUT2D eigenvalue weighted by Gasteiger charge is -2.15. The van der Waals surface area contributed by atoms with Crippen LogP contribution in [0, 0.1) is 12.7 Å². The minimum absolute atomic E-state index is 0.00287. The SMILES string of the molecule is CCC(CBr)NS(=O)(=O)c1cc(F)ccc1C. The van der Waals surface area contributed by atoms with Gasteiger partial charge >= 0.3 is 0 Å². The van der Waals surface area contributed by atoms with E-state index in [1.165, 1.54) is 12.1 Å². The van der Waals surface area contributed by atoms with E-state index in [0.29, 0.717) is 17.3 Å². The summed E-state index contributed by atoms with van der Waals surface area (Å²) in [7, 11) is -3.66. The fraction of sp³-hybridized carbons (Fsp3) is 0.455. The molecule has 0 fully saturated rings. The molecule has 0 bridgehead atoms. The van der Waals surface area contributed by atoms with Gasteiger partial charge in [-0.3, -0.25) is 0 Å². The maximum atomic E-state index is 13.1. The highest BCUT2D eigenvalue weighted by Crippen LogP contribution is 2.17. The van der Waals surface area contributed by atoms with Crippen molar-refractivity contribution in [3.05, 3.63) is 29.6 Å². The third kappa shape index (κ3) is 3.76. The molecular weight excluding hydrogens is 309 g/mol. The molecule has 1 rings (SSSR count). The van der Waals surface area contributed by atoms with Crippen LogP contribution >= 0.6 is 15.9 Å². The molecule has 6 heteroatoms. The quantitative estimate of drug-likeness (QED) is 0.846. The van der Waals surface area contributed by atoms with Crippen LogP contribution in [0.4, 0.5) is 4.39 Å². The first-order valence-corrected chi connectivity index (χ1v) is 7.85. The van der Waals surface area contributed by atoms with Gasteiger partial charge in [-0.05, 0) is 31.0 Å². The summed E-state index contributed by atoms with van der Waals surface area (Å²) in [6, 6.07) is 3.55. The Morgan fingerprint density at radius 2 is 2.12 bits per heavy atom. The van der Waals surface area contributed by atoms with Crippen molar-refractivity contribution in [3.63, 3.8) is 0 Å². The van der Waals surface area contributed by atoms with Gasteiger partial charge in [0.1, 0.15) is 5.82 Å². The number of rotatable bonds is 5. The van der Waals surface area contributed by atoms with Gasteiger partial charge in [0.05, 0.1) is 4.90 Å². The number of nitrogens with one attached hydrogen (secondary N) is 1. The number of halogens is 2. The molecule has 0 saturated carbocycles. The zero-order valence-electron chi connectivity index (χ0n) is 9.70. The van der Waals surface area contributed by atoms with Gasteiger partial charge in [0, 0.05) is 11.4 Å². The Morgan fingerprint density at radius 3 is 2.65 bits per heavy atom. The standard InChI is InChI=1S/C11H15BrFNO2S/c1-3-10(7-12)14-17(15,16)11-6-9(13)5-4-8(11)2/h4-6,10,14H,3,7H2,1-2H3. The summed E-state index contributed by atoms with van der Waals surface area (Å²) < 4.78 is 39.7.